The lowest BCUT2D eigenvalue weighted by Crippen LogP contribution is -2.44. The van der Waals surface area contributed by atoms with Crippen LogP contribution < -0.4 is 9.64 Å². The van der Waals surface area contributed by atoms with Crippen LogP contribution in [0.15, 0.2) is 53.1 Å². The zero-order valence-corrected chi connectivity index (χ0v) is 14.1. The van der Waals surface area contributed by atoms with E-state index in [1.807, 2.05) is 36.4 Å². The average Bonchev–Trinajstić information content (AvgIpc) is 3.08. The predicted octanol–water partition coefficient (Wildman–Crippen LogP) is 3.70. The molecule has 1 atom stereocenters. The lowest BCUT2D eigenvalue weighted by molar-refractivity contribution is -0.125. The van der Waals surface area contributed by atoms with Gasteiger partial charge in [0.2, 0.25) is 11.7 Å². The molecule has 0 saturated heterocycles. The first kappa shape index (κ1) is 15.7. The Balaban J connectivity index is 1.62. The first-order valence-corrected chi connectivity index (χ1v) is 8.15. The second-order valence-electron chi connectivity index (χ2n) is 5.67. The summed E-state index contributed by atoms with van der Waals surface area (Å²) >= 11 is 5.89. The summed E-state index contributed by atoms with van der Waals surface area (Å²) in [6.45, 7) is 1.91. The molecular weight excluding hydrogens is 342 g/mol. The van der Waals surface area contributed by atoms with E-state index in [1.165, 1.54) is 0 Å². The lowest BCUT2D eigenvalue weighted by Gasteiger charge is -2.31. The number of fused-ring (bicyclic) bond motifs is 1. The third kappa shape index (κ3) is 2.96. The lowest BCUT2D eigenvalue weighted by atomic mass is 10.2. The van der Waals surface area contributed by atoms with Gasteiger partial charge in [-0.25, -0.2) is 0 Å². The van der Waals surface area contributed by atoms with Crippen molar-refractivity contribution >= 4 is 23.2 Å². The van der Waals surface area contributed by atoms with Crippen LogP contribution in [0, 0.1) is 0 Å². The first-order chi connectivity index (χ1) is 12.1. The largest absolute Gasteiger partial charge is 0.479 e. The molecule has 2 heterocycles. The Labute approximate surface area is 149 Å². The van der Waals surface area contributed by atoms with Crippen molar-refractivity contribution in [2.45, 2.75) is 19.6 Å². The number of para-hydroxylation sites is 2. The van der Waals surface area contributed by atoms with E-state index in [2.05, 4.69) is 10.1 Å². The number of carbonyl (C=O) groups excluding carboxylic acids is 1. The fraction of sp³-hybridized carbons (Fsp3) is 0.167. The van der Waals surface area contributed by atoms with Crippen LogP contribution in [0.5, 0.6) is 5.75 Å². The van der Waals surface area contributed by atoms with Crippen molar-refractivity contribution in [3.8, 4) is 17.1 Å². The number of rotatable bonds is 3. The van der Waals surface area contributed by atoms with E-state index in [0.29, 0.717) is 28.2 Å². The molecule has 1 aliphatic heterocycles. The molecule has 3 aromatic rings. The zero-order chi connectivity index (χ0) is 17.4. The van der Waals surface area contributed by atoms with E-state index < -0.39 is 6.10 Å². The maximum atomic E-state index is 12.5. The van der Waals surface area contributed by atoms with Gasteiger partial charge < -0.3 is 9.26 Å². The van der Waals surface area contributed by atoms with Gasteiger partial charge in [-0.3, -0.25) is 9.69 Å². The Morgan fingerprint density at radius 2 is 1.92 bits per heavy atom. The van der Waals surface area contributed by atoms with Gasteiger partial charge in [0, 0.05) is 10.6 Å². The van der Waals surface area contributed by atoms with Crippen molar-refractivity contribution in [1.29, 1.82) is 0 Å². The second-order valence-corrected chi connectivity index (χ2v) is 6.11. The number of benzene rings is 2. The molecule has 1 aromatic heterocycles. The third-order valence-corrected chi connectivity index (χ3v) is 4.19. The maximum absolute atomic E-state index is 12.5. The van der Waals surface area contributed by atoms with E-state index in [1.54, 1.807) is 24.0 Å². The second kappa shape index (κ2) is 6.22. The number of aromatic nitrogens is 2. The minimum Gasteiger partial charge on any atom is -0.479 e. The smallest absolute Gasteiger partial charge is 0.268 e. The summed E-state index contributed by atoms with van der Waals surface area (Å²) in [5, 5.41) is 4.62. The molecule has 1 aliphatic rings. The van der Waals surface area contributed by atoms with Crippen LogP contribution in [0.1, 0.15) is 12.8 Å². The topological polar surface area (TPSA) is 68.5 Å². The van der Waals surface area contributed by atoms with Gasteiger partial charge in [-0.15, -0.1) is 0 Å². The van der Waals surface area contributed by atoms with Gasteiger partial charge in [-0.1, -0.05) is 28.9 Å². The molecule has 25 heavy (non-hydrogen) atoms. The summed E-state index contributed by atoms with van der Waals surface area (Å²) in [7, 11) is 0. The summed E-state index contributed by atoms with van der Waals surface area (Å²) < 4.78 is 10.9. The van der Waals surface area contributed by atoms with Crippen LogP contribution in [0.3, 0.4) is 0 Å². The van der Waals surface area contributed by atoms with Gasteiger partial charge in [0.25, 0.3) is 5.91 Å². The van der Waals surface area contributed by atoms with Crippen molar-refractivity contribution < 1.29 is 14.1 Å². The first-order valence-electron chi connectivity index (χ1n) is 7.77. The molecule has 126 valence electrons. The number of hydrogen-bond donors (Lipinski definition) is 0. The van der Waals surface area contributed by atoms with E-state index in [-0.39, 0.29) is 12.5 Å². The number of nitrogens with zero attached hydrogens (tertiary/aromatic N) is 3. The summed E-state index contributed by atoms with van der Waals surface area (Å²) in [6.07, 6.45) is -0.562. The SMILES string of the molecule is C[C@@H]1Oc2ccccc2N(Cc2nc(-c3ccc(Cl)cc3)no2)C1=O. The highest BCUT2D eigenvalue weighted by Gasteiger charge is 2.32. The van der Waals surface area contributed by atoms with Crippen LogP contribution in [-0.2, 0) is 11.3 Å². The molecule has 0 unspecified atom stereocenters. The quantitative estimate of drug-likeness (QED) is 0.716. The van der Waals surface area contributed by atoms with Crippen LogP contribution in [-0.4, -0.2) is 22.2 Å². The number of carbonyl (C=O) groups is 1. The highest BCUT2D eigenvalue weighted by Crippen LogP contribution is 2.34. The van der Waals surface area contributed by atoms with Crippen LogP contribution >= 0.6 is 11.6 Å². The summed E-state index contributed by atoms with van der Waals surface area (Å²) in [5.74, 6) is 1.31. The standard InChI is InChI=1S/C18H14ClN3O3/c1-11-18(23)22(14-4-2-3-5-15(14)24-11)10-16-20-17(21-25-16)12-6-8-13(19)9-7-12/h2-9,11H,10H2,1H3/t11-/m0/s1. The Morgan fingerprint density at radius 1 is 1.16 bits per heavy atom. The van der Waals surface area contributed by atoms with Crippen molar-refractivity contribution in [2.24, 2.45) is 0 Å². The van der Waals surface area contributed by atoms with Crippen molar-refractivity contribution in [3.05, 3.63) is 59.4 Å². The van der Waals surface area contributed by atoms with Gasteiger partial charge in [-0.05, 0) is 43.3 Å². The number of hydrogen-bond acceptors (Lipinski definition) is 5. The maximum Gasteiger partial charge on any atom is 0.268 e. The molecule has 7 heteroatoms. The van der Waals surface area contributed by atoms with Gasteiger partial charge in [-0.2, -0.15) is 4.98 Å². The number of amides is 1. The van der Waals surface area contributed by atoms with Crippen molar-refractivity contribution in [1.82, 2.24) is 10.1 Å². The molecule has 0 aliphatic carbocycles. The average molecular weight is 356 g/mol. The number of halogens is 1. The fourth-order valence-corrected chi connectivity index (χ4v) is 2.82. The number of ether oxygens (including phenoxy) is 1. The zero-order valence-electron chi connectivity index (χ0n) is 13.3. The van der Waals surface area contributed by atoms with Crippen molar-refractivity contribution in [2.75, 3.05) is 4.90 Å². The molecule has 4 rings (SSSR count). The molecular formula is C18H14ClN3O3. The molecule has 0 bridgehead atoms. The normalized spacial score (nSPS) is 16.5. The van der Waals surface area contributed by atoms with Gasteiger partial charge >= 0.3 is 0 Å². The van der Waals surface area contributed by atoms with Gasteiger partial charge in [0.1, 0.15) is 12.3 Å². The molecule has 0 spiro atoms. The van der Waals surface area contributed by atoms with Crippen LogP contribution in [0.2, 0.25) is 5.02 Å². The molecule has 0 fully saturated rings. The predicted molar refractivity (Wildman–Crippen MR) is 92.5 cm³/mol. The monoisotopic (exact) mass is 355 g/mol. The Kier molecular flexibility index (Phi) is 3.89. The van der Waals surface area contributed by atoms with E-state index in [9.17, 15) is 4.79 Å². The summed E-state index contributed by atoms with van der Waals surface area (Å²) in [4.78, 5) is 18.5. The third-order valence-electron chi connectivity index (χ3n) is 3.94. The number of anilines is 1. The molecule has 0 N–H and O–H groups in total. The Hall–Kier alpha value is -2.86. The van der Waals surface area contributed by atoms with E-state index >= 15 is 0 Å². The highest BCUT2D eigenvalue weighted by atomic mass is 35.5. The van der Waals surface area contributed by atoms with E-state index in [4.69, 9.17) is 20.9 Å². The minimum atomic E-state index is -0.562. The van der Waals surface area contributed by atoms with Crippen molar-refractivity contribution in [3.63, 3.8) is 0 Å². The Bertz CT molecular complexity index is 923. The Morgan fingerprint density at radius 3 is 2.72 bits per heavy atom. The molecule has 0 radical (unpaired) electrons. The molecule has 2 aromatic carbocycles. The van der Waals surface area contributed by atoms with Gasteiger partial charge in [0.15, 0.2) is 6.10 Å². The van der Waals surface area contributed by atoms with Crippen LogP contribution in [0.4, 0.5) is 5.69 Å². The minimum absolute atomic E-state index is 0.148. The summed E-state index contributed by atoms with van der Waals surface area (Å²) in [6, 6.07) is 14.5. The van der Waals surface area contributed by atoms with Gasteiger partial charge in [0.05, 0.1) is 5.69 Å². The van der Waals surface area contributed by atoms with E-state index in [0.717, 1.165) is 5.56 Å². The van der Waals surface area contributed by atoms with Crippen LogP contribution in [0.25, 0.3) is 11.4 Å². The molecule has 6 nitrogen and oxygen atoms in total. The molecule has 1 amide bonds. The fourth-order valence-electron chi connectivity index (χ4n) is 2.69. The highest BCUT2D eigenvalue weighted by molar-refractivity contribution is 6.30. The summed E-state index contributed by atoms with van der Waals surface area (Å²) in [5.41, 5.74) is 1.48. The molecule has 0 saturated carbocycles.